The molecule has 0 spiro atoms. The maximum atomic E-state index is 5.02. The van der Waals surface area contributed by atoms with Crippen molar-refractivity contribution in [3.05, 3.63) is 12.4 Å². The van der Waals surface area contributed by atoms with Gasteiger partial charge in [-0.1, -0.05) is 0 Å². The molecule has 0 aliphatic carbocycles. The molecule has 1 aromatic heterocycles. The van der Waals surface area contributed by atoms with Crippen LogP contribution >= 0.6 is 0 Å². The van der Waals surface area contributed by atoms with E-state index in [-0.39, 0.29) is 6.29 Å². The van der Waals surface area contributed by atoms with Gasteiger partial charge in [0.15, 0.2) is 6.29 Å². The largest absolute Gasteiger partial charge is 0.354 e. The van der Waals surface area contributed by atoms with E-state index >= 15 is 0 Å². The van der Waals surface area contributed by atoms with E-state index in [0.717, 1.165) is 5.95 Å². The summed E-state index contributed by atoms with van der Waals surface area (Å²) >= 11 is 0. The van der Waals surface area contributed by atoms with Gasteiger partial charge in [0.2, 0.25) is 5.95 Å². The van der Waals surface area contributed by atoms with Crippen molar-refractivity contribution in [1.82, 2.24) is 9.55 Å². The van der Waals surface area contributed by atoms with E-state index < -0.39 is 0 Å². The van der Waals surface area contributed by atoms with E-state index in [1.165, 1.54) is 0 Å². The molecule has 1 rings (SSSR count). The van der Waals surface area contributed by atoms with Crippen molar-refractivity contribution in [2.75, 3.05) is 26.1 Å². The van der Waals surface area contributed by atoms with Crippen LogP contribution in [-0.2, 0) is 16.5 Å². The number of aromatic nitrogens is 2. The van der Waals surface area contributed by atoms with Gasteiger partial charge < -0.3 is 19.4 Å². The highest BCUT2D eigenvalue weighted by Crippen LogP contribution is 2.01. The summed E-state index contributed by atoms with van der Waals surface area (Å²) in [6, 6.07) is 0. The Morgan fingerprint density at radius 2 is 2.23 bits per heavy atom. The average Bonchev–Trinajstić information content (AvgIpc) is 2.54. The highest BCUT2D eigenvalue weighted by molar-refractivity contribution is 5.24. The van der Waals surface area contributed by atoms with Gasteiger partial charge in [0, 0.05) is 33.7 Å². The van der Waals surface area contributed by atoms with Gasteiger partial charge in [-0.05, 0) is 0 Å². The molecule has 0 saturated heterocycles. The predicted molar refractivity (Wildman–Crippen MR) is 49.5 cm³/mol. The van der Waals surface area contributed by atoms with Gasteiger partial charge in [-0.25, -0.2) is 4.98 Å². The third-order valence-corrected chi connectivity index (χ3v) is 1.77. The Labute approximate surface area is 77.7 Å². The maximum Gasteiger partial charge on any atom is 0.202 e. The maximum absolute atomic E-state index is 5.02. The van der Waals surface area contributed by atoms with E-state index in [9.17, 15) is 0 Å². The normalized spacial score (nSPS) is 10.8. The fourth-order valence-electron chi connectivity index (χ4n) is 0.973. The summed E-state index contributed by atoms with van der Waals surface area (Å²) in [5.41, 5.74) is 0. The standard InChI is InChI=1S/C8H15N3O2/c1-11-5-4-9-8(11)10-6-7(12-2)13-3/h4-5,7H,6H2,1-3H3,(H,9,10). The lowest BCUT2D eigenvalue weighted by Gasteiger charge is -2.14. The van der Waals surface area contributed by atoms with Crippen LogP contribution in [0.25, 0.3) is 0 Å². The van der Waals surface area contributed by atoms with Crippen LogP contribution in [0.3, 0.4) is 0 Å². The summed E-state index contributed by atoms with van der Waals surface area (Å²) < 4.78 is 11.9. The van der Waals surface area contributed by atoms with Crippen molar-refractivity contribution in [1.29, 1.82) is 0 Å². The molecule has 1 N–H and O–H groups in total. The first-order valence-electron chi connectivity index (χ1n) is 4.04. The lowest BCUT2D eigenvalue weighted by Crippen LogP contribution is -2.24. The number of imidazole rings is 1. The first-order chi connectivity index (χ1) is 6.27. The topological polar surface area (TPSA) is 48.3 Å². The van der Waals surface area contributed by atoms with Gasteiger partial charge in [0.1, 0.15) is 0 Å². The summed E-state index contributed by atoms with van der Waals surface area (Å²) in [5, 5.41) is 3.10. The summed E-state index contributed by atoms with van der Waals surface area (Å²) in [6.45, 7) is 0.581. The molecular formula is C8H15N3O2. The minimum atomic E-state index is -0.239. The van der Waals surface area contributed by atoms with Crippen LogP contribution in [0.5, 0.6) is 0 Å². The zero-order valence-corrected chi connectivity index (χ0v) is 8.15. The monoisotopic (exact) mass is 185 g/mol. The van der Waals surface area contributed by atoms with E-state index in [1.54, 1.807) is 20.4 Å². The van der Waals surface area contributed by atoms with Crippen LogP contribution in [0.15, 0.2) is 12.4 Å². The lowest BCUT2D eigenvalue weighted by atomic mass is 10.6. The molecule has 13 heavy (non-hydrogen) atoms. The Morgan fingerprint density at radius 3 is 2.69 bits per heavy atom. The van der Waals surface area contributed by atoms with E-state index in [1.807, 2.05) is 17.8 Å². The van der Waals surface area contributed by atoms with Crippen molar-refractivity contribution >= 4 is 5.95 Å². The summed E-state index contributed by atoms with van der Waals surface area (Å²) in [4.78, 5) is 4.10. The molecule has 1 aromatic rings. The first kappa shape index (κ1) is 10.0. The number of hydrogen-bond acceptors (Lipinski definition) is 4. The molecule has 0 bridgehead atoms. The zero-order chi connectivity index (χ0) is 9.68. The minimum Gasteiger partial charge on any atom is -0.354 e. The van der Waals surface area contributed by atoms with Crippen LogP contribution in [0.1, 0.15) is 0 Å². The van der Waals surface area contributed by atoms with Crippen LogP contribution in [-0.4, -0.2) is 36.6 Å². The van der Waals surface area contributed by atoms with Crippen molar-refractivity contribution in [3.8, 4) is 0 Å². The molecule has 0 fully saturated rings. The van der Waals surface area contributed by atoms with Gasteiger partial charge in [-0.3, -0.25) is 0 Å². The second-order valence-corrected chi connectivity index (χ2v) is 2.64. The van der Waals surface area contributed by atoms with Gasteiger partial charge in [-0.15, -0.1) is 0 Å². The number of aryl methyl sites for hydroxylation is 1. The number of anilines is 1. The van der Waals surface area contributed by atoms with Crippen molar-refractivity contribution < 1.29 is 9.47 Å². The SMILES string of the molecule is COC(CNc1nccn1C)OC. The fourth-order valence-corrected chi connectivity index (χ4v) is 0.973. The van der Waals surface area contributed by atoms with Gasteiger partial charge >= 0.3 is 0 Å². The number of rotatable bonds is 5. The Morgan fingerprint density at radius 1 is 1.54 bits per heavy atom. The lowest BCUT2D eigenvalue weighted by molar-refractivity contribution is -0.0915. The third kappa shape index (κ3) is 2.71. The molecule has 0 aromatic carbocycles. The smallest absolute Gasteiger partial charge is 0.202 e. The van der Waals surface area contributed by atoms with Crippen LogP contribution in [0.4, 0.5) is 5.95 Å². The van der Waals surface area contributed by atoms with Gasteiger partial charge in [-0.2, -0.15) is 0 Å². The number of nitrogens with one attached hydrogen (secondary N) is 1. The molecule has 0 saturated carbocycles. The summed E-state index contributed by atoms with van der Waals surface area (Å²) in [7, 11) is 5.13. The molecule has 0 atom stereocenters. The Kier molecular flexibility index (Phi) is 3.72. The number of hydrogen-bond donors (Lipinski definition) is 1. The van der Waals surface area contributed by atoms with Crippen LogP contribution in [0, 0.1) is 0 Å². The molecule has 5 nitrogen and oxygen atoms in total. The van der Waals surface area contributed by atoms with Crippen molar-refractivity contribution in [2.24, 2.45) is 7.05 Å². The molecule has 0 aliphatic rings. The fraction of sp³-hybridized carbons (Fsp3) is 0.625. The molecule has 74 valence electrons. The van der Waals surface area contributed by atoms with E-state index in [4.69, 9.17) is 9.47 Å². The molecule has 0 radical (unpaired) electrons. The van der Waals surface area contributed by atoms with E-state index in [0.29, 0.717) is 6.54 Å². The van der Waals surface area contributed by atoms with E-state index in [2.05, 4.69) is 10.3 Å². The average molecular weight is 185 g/mol. The molecule has 0 unspecified atom stereocenters. The minimum absolute atomic E-state index is 0.239. The molecule has 5 heteroatoms. The van der Waals surface area contributed by atoms with Gasteiger partial charge in [0.05, 0.1) is 6.54 Å². The predicted octanol–water partition coefficient (Wildman–Crippen LogP) is 0.451. The Bertz CT molecular complexity index is 245. The van der Waals surface area contributed by atoms with Crippen molar-refractivity contribution in [3.63, 3.8) is 0 Å². The third-order valence-electron chi connectivity index (χ3n) is 1.77. The summed E-state index contributed by atoms with van der Waals surface area (Å²) in [5.74, 6) is 0.805. The van der Waals surface area contributed by atoms with Crippen LogP contribution < -0.4 is 5.32 Å². The highest BCUT2D eigenvalue weighted by Gasteiger charge is 2.05. The second-order valence-electron chi connectivity index (χ2n) is 2.64. The van der Waals surface area contributed by atoms with Crippen molar-refractivity contribution in [2.45, 2.75) is 6.29 Å². The molecule has 1 heterocycles. The number of ether oxygens (including phenoxy) is 2. The summed E-state index contributed by atoms with van der Waals surface area (Å²) in [6.07, 6.45) is 3.37. The Hall–Kier alpha value is -1.07. The highest BCUT2D eigenvalue weighted by atomic mass is 16.7. The number of nitrogens with zero attached hydrogens (tertiary/aromatic N) is 2. The van der Waals surface area contributed by atoms with Crippen LogP contribution in [0.2, 0.25) is 0 Å². The van der Waals surface area contributed by atoms with Gasteiger partial charge in [0.25, 0.3) is 0 Å². The Balaban J connectivity index is 2.38. The molecular weight excluding hydrogens is 170 g/mol. The molecule has 0 amide bonds. The molecule has 0 aliphatic heterocycles. The first-order valence-corrected chi connectivity index (χ1v) is 4.04. The quantitative estimate of drug-likeness (QED) is 0.677. The number of methoxy groups -OCH3 is 2. The second kappa shape index (κ2) is 4.84. The zero-order valence-electron chi connectivity index (χ0n) is 8.15.